The molecular formula is C25H24N4O4. The van der Waals surface area contributed by atoms with E-state index in [9.17, 15) is 9.90 Å². The molecule has 33 heavy (non-hydrogen) atoms. The average Bonchev–Trinajstić information content (AvgIpc) is 3.39. The zero-order valence-electron chi connectivity index (χ0n) is 18.3. The van der Waals surface area contributed by atoms with Crippen LogP contribution >= 0.6 is 0 Å². The second-order valence-corrected chi connectivity index (χ2v) is 9.03. The van der Waals surface area contributed by atoms with Gasteiger partial charge in [-0.3, -0.25) is 9.78 Å². The highest BCUT2D eigenvalue weighted by molar-refractivity contribution is 6.00. The molecular weight excluding hydrogens is 420 g/mol. The van der Waals surface area contributed by atoms with Crippen LogP contribution in [0.1, 0.15) is 36.9 Å². The Bertz CT molecular complexity index is 1390. The first-order chi connectivity index (χ1) is 16.0. The van der Waals surface area contributed by atoms with E-state index < -0.39 is 5.60 Å². The molecule has 0 unspecified atom stereocenters. The van der Waals surface area contributed by atoms with Crippen LogP contribution in [-0.4, -0.2) is 39.2 Å². The van der Waals surface area contributed by atoms with Gasteiger partial charge in [-0.25, -0.2) is 9.97 Å². The number of carbonyl (C=O) groups is 1. The van der Waals surface area contributed by atoms with Crippen LogP contribution in [0.5, 0.6) is 0 Å². The van der Waals surface area contributed by atoms with E-state index in [-0.39, 0.29) is 18.4 Å². The van der Waals surface area contributed by atoms with Crippen molar-refractivity contribution in [2.24, 2.45) is 5.92 Å². The maximum atomic E-state index is 12.4. The molecule has 6 rings (SSSR count). The number of aromatic nitrogens is 3. The highest BCUT2D eigenvalue weighted by Crippen LogP contribution is 2.35. The van der Waals surface area contributed by atoms with E-state index in [2.05, 4.69) is 15.3 Å². The molecule has 0 radical (unpaired) electrons. The molecule has 8 nitrogen and oxygen atoms in total. The quantitative estimate of drug-likeness (QED) is 0.488. The highest BCUT2D eigenvalue weighted by atomic mass is 16.5. The third-order valence-electron chi connectivity index (χ3n) is 6.85. The van der Waals surface area contributed by atoms with Crippen molar-refractivity contribution < 1.29 is 19.1 Å². The lowest BCUT2D eigenvalue weighted by Gasteiger charge is -2.23. The summed E-state index contributed by atoms with van der Waals surface area (Å²) >= 11 is 0. The molecule has 0 bridgehead atoms. The van der Waals surface area contributed by atoms with Gasteiger partial charge < -0.3 is 19.6 Å². The van der Waals surface area contributed by atoms with E-state index in [1.807, 2.05) is 31.2 Å². The van der Waals surface area contributed by atoms with Gasteiger partial charge in [-0.1, -0.05) is 12.5 Å². The van der Waals surface area contributed by atoms with E-state index in [1.54, 1.807) is 12.4 Å². The molecule has 1 saturated carbocycles. The fraction of sp³-hybridized carbons (Fsp3) is 0.360. The molecule has 1 aliphatic heterocycles. The van der Waals surface area contributed by atoms with Crippen LogP contribution in [0.25, 0.3) is 33.3 Å². The molecule has 1 amide bonds. The predicted molar refractivity (Wildman–Crippen MR) is 123 cm³/mol. The minimum Gasteiger partial charge on any atom is -0.436 e. The van der Waals surface area contributed by atoms with Crippen molar-refractivity contribution in [2.45, 2.75) is 38.2 Å². The minimum absolute atomic E-state index is 0.0173. The summed E-state index contributed by atoms with van der Waals surface area (Å²) in [5, 5.41) is 15.5. The first kappa shape index (κ1) is 20.3. The standard InChI is InChI=1S/C25H24N4O4/c1-14-18-11-27-22(29-23(30)15-3-2-4-15)10-17(18)19(12-26-14)24-28-20-9-16(5-6-21(20)33-24)25(31)7-8-32-13-25/h5-6,9-12,15,31H,2-4,7-8,13H2,1H3,(H,27,29,30)/t25-/m0/s1. The molecule has 8 heteroatoms. The van der Waals surface area contributed by atoms with Crippen molar-refractivity contribution in [1.29, 1.82) is 0 Å². The zero-order valence-corrected chi connectivity index (χ0v) is 18.3. The summed E-state index contributed by atoms with van der Waals surface area (Å²) < 4.78 is 11.5. The van der Waals surface area contributed by atoms with Crippen molar-refractivity contribution >= 4 is 33.6 Å². The van der Waals surface area contributed by atoms with Crippen LogP contribution in [-0.2, 0) is 15.1 Å². The molecule has 168 valence electrons. The van der Waals surface area contributed by atoms with Crippen LogP contribution < -0.4 is 5.32 Å². The number of nitrogens with zero attached hydrogens (tertiary/aromatic N) is 3. The number of fused-ring (bicyclic) bond motifs is 2. The summed E-state index contributed by atoms with van der Waals surface area (Å²) in [4.78, 5) is 26.0. The molecule has 2 aliphatic rings. The number of oxazole rings is 1. The Labute approximate surface area is 190 Å². The number of rotatable bonds is 4. The molecule has 1 aromatic carbocycles. The molecule has 2 N–H and O–H groups in total. The molecule has 3 aromatic heterocycles. The van der Waals surface area contributed by atoms with Gasteiger partial charge in [0.2, 0.25) is 11.8 Å². The van der Waals surface area contributed by atoms with Gasteiger partial charge in [0.1, 0.15) is 16.9 Å². The molecule has 2 fully saturated rings. The number of aryl methyl sites for hydroxylation is 1. The molecule has 4 heterocycles. The van der Waals surface area contributed by atoms with Gasteiger partial charge in [0.05, 0.1) is 12.2 Å². The highest BCUT2D eigenvalue weighted by Gasteiger charge is 2.34. The fourth-order valence-electron chi connectivity index (χ4n) is 4.52. The normalized spacial score (nSPS) is 20.9. The van der Waals surface area contributed by atoms with Gasteiger partial charge in [0, 0.05) is 47.8 Å². The lowest BCUT2D eigenvalue weighted by molar-refractivity contribution is -0.122. The smallest absolute Gasteiger partial charge is 0.229 e. The predicted octanol–water partition coefficient (Wildman–Crippen LogP) is 4.09. The lowest BCUT2D eigenvalue weighted by atomic mass is 9.85. The Hall–Kier alpha value is -3.36. The number of benzene rings is 1. The van der Waals surface area contributed by atoms with E-state index >= 15 is 0 Å². The van der Waals surface area contributed by atoms with Gasteiger partial charge in [0.25, 0.3) is 0 Å². The number of carbonyl (C=O) groups excluding carboxylic acids is 1. The van der Waals surface area contributed by atoms with E-state index in [4.69, 9.17) is 14.1 Å². The van der Waals surface area contributed by atoms with Crippen LogP contribution in [0.3, 0.4) is 0 Å². The summed E-state index contributed by atoms with van der Waals surface area (Å²) in [7, 11) is 0. The van der Waals surface area contributed by atoms with Gasteiger partial charge in [0.15, 0.2) is 5.58 Å². The van der Waals surface area contributed by atoms with Crippen LogP contribution in [0.2, 0.25) is 0 Å². The molecule has 0 spiro atoms. The monoisotopic (exact) mass is 444 g/mol. The molecule has 4 aromatic rings. The van der Waals surface area contributed by atoms with E-state index in [0.29, 0.717) is 35.8 Å². The number of aliphatic hydroxyl groups is 1. The number of anilines is 1. The number of amides is 1. The number of ether oxygens (including phenoxy) is 1. The minimum atomic E-state index is -0.995. The summed E-state index contributed by atoms with van der Waals surface area (Å²) in [6, 6.07) is 7.39. The topological polar surface area (TPSA) is 110 Å². The van der Waals surface area contributed by atoms with Crippen molar-refractivity contribution in [2.75, 3.05) is 18.5 Å². The van der Waals surface area contributed by atoms with Crippen LogP contribution in [0.15, 0.2) is 41.1 Å². The maximum absolute atomic E-state index is 12.4. The molecule has 1 atom stereocenters. The Morgan fingerprint density at radius 3 is 2.82 bits per heavy atom. The number of hydrogen-bond donors (Lipinski definition) is 2. The third kappa shape index (κ3) is 3.46. The Kier molecular flexibility index (Phi) is 4.67. The van der Waals surface area contributed by atoms with Crippen LogP contribution in [0.4, 0.5) is 5.82 Å². The number of pyridine rings is 2. The lowest BCUT2D eigenvalue weighted by Crippen LogP contribution is -2.28. The first-order valence-electron chi connectivity index (χ1n) is 11.3. The van der Waals surface area contributed by atoms with Gasteiger partial charge in [-0.15, -0.1) is 0 Å². The van der Waals surface area contributed by atoms with Gasteiger partial charge >= 0.3 is 0 Å². The largest absolute Gasteiger partial charge is 0.436 e. The van der Waals surface area contributed by atoms with Crippen molar-refractivity contribution in [3.8, 4) is 11.5 Å². The molecule has 1 aliphatic carbocycles. The van der Waals surface area contributed by atoms with Gasteiger partial charge in [-0.2, -0.15) is 0 Å². The maximum Gasteiger partial charge on any atom is 0.229 e. The average molecular weight is 444 g/mol. The van der Waals surface area contributed by atoms with E-state index in [1.165, 1.54) is 0 Å². The Morgan fingerprint density at radius 1 is 1.18 bits per heavy atom. The molecule has 1 saturated heterocycles. The summed E-state index contributed by atoms with van der Waals surface area (Å²) in [5.41, 5.74) is 2.61. The van der Waals surface area contributed by atoms with Crippen LogP contribution in [0, 0.1) is 12.8 Å². The second-order valence-electron chi connectivity index (χ2n) is 9.03. The SMILES string of the molecule is Cc1ncc(-c2nc3cc([C@]4(O)CCOC4)ccc3o2)c2cc(NC(=O)C3CCC3)ncc12. The summed E-state index contributed by atoms with van der Waals surface area (Å²) in [5.74, 6) is 1.03. The second kappa shape index (κ2) is 7.60. The Morgan fingerprint density at radius 2 is 2.06 bits per heavy atom. The van der Waals surface area contributed by atoms with Crippen molar-refractivity contribution in [3.05, 3.63) is 47.9 Å². The first-order valence-corrected chi connectivity index (χ1v) is 11.3. The van der Waals surface area contributed by atoms with Crippen molar-refractivity contribution in [1.82, 2.24) is 15.0 Å². The van der Waals surface area contributed by atoms with Crippen molar-refractivity contribution in [3.63, 3.8) is 0 Å². The third-order valence-corrected chi connectivity index (χ3v) is 6.85. The van der Waals surface area contributed by atoms with Gasteiger partial charge in [-0.05, 0) is 43.5 Å². The summed E-state index contributed by atoms with van der Waals surface area (Å²) in [6.45, 7) is 2.73. The zero-order chi connectivity index (χ0) is 22.6. The summed E-state index contributed by atoms with van der Waals surface area (Å²) in [6.07, 6.45) is 6.98. The Balaban J connectivity index is 1.41. The number of hydrogen-bond acceptors (Lipinski definition) is 7. The fourth-order valence-corrected chi connectivity index (χ4v) is 4.52. The number of nitrogens with one attached hydrogen (secondary N) is 1. The van der Waals surface area contributed by atoms with E-state index in [0.717, 1.165) is 46.9 Å².